The molecule has 49 heavy (non-hydrogen) atoms. The number of alkyl halides is 2. The third-order valence-corrected chi connectivity index (χ3v) is 5.64. The van der Waals surface area contributed by atoms with E-state index in [0.29, 0.717) is 18.2 Å². The second kappa shape index (κ2) is 44.1. The summed E-state index contributed by atoms with van der Waals surface area (Å²) >= 11 is 15.3. The van der Waals surface area contributed by atoms with Gasteiger partial charge < -0.3 is 32.8 Å². The Morgan fingerprint density at radius 1 is 0.796 bits per heavy atom. The van der Waals surface area contributed by atoms with Crippen LogP contribution in [0.15, 0.2) is 104 Å². The Hall–Kier alpha value is -1.93. The van der Waals surface area contributed by atoms with Gasteiger partial charge in [-0.2, -0.15) is 0 Å². The van der Waals surface area contributed by atoms with E-state index in [4.69, 9.17) is 50.6 Å². The molecular weight excluding hydrogens is 713 g/mol. The molecule has 10 nitrogen and oxygen atoms in total. The molecule has 0 fully saturated rings. The van der Waals surface area contributed by atoms with Crippen LogP contribution in [0.4, 0.5) is 17.1 Å². The van der Waals surface area contributed by atoms with Gasteiger partial charge in [-0.3, -0.25) is 19.2 Å². The number of rotatable bonds is 11. The van der Waals surface area contributed by atoms with Crippen LogP contribution in [0.2, 0.25) is 0 Å². The zero-order valence-corrected chi connectivity index (χ0v) is 35.3. The van der Waals surface area contributed by atoms with E-state index >= 15 is 0 Å². The van der Waals surface area contributed by atoms with Gasteiger partial charge in [0.15, 0.2) is 0 Å². The van der Waals surface area contributed by atoms with Crippen LogP contribution in [0.3, 0.4) is 0 Å². The van der Waals surface area contributed by atoms with Gasteiger partial charge in [0.2, 0.25) is 17.1 Å². The summed E-state index contributed by atoms with van der Waals surface area (Å²) in [7, 11) is 0. The molecule has 0 aromatic heterocycles. The van der Waals surface area contributed by atoms with E-state index in [-0.39, 0.29) is 90.5 Å². The second-order valence-corrected chi connectivity index (χ2v) is 9.61. The summed E-state index contributed by atoms with van der Waals surface area (Å²) in [6.45, 7) is 13.3. The van der Waals surface area contributed by atoms with E-state index in [1.54, 1.807) is 0 Å². The van der Waals surface area contributed by atoms with Crippen LogP contribution in [-0.4, -0.2) is 59.8 Å². The summed E-state index contributed by atoms with van der Waals surface area (Å²) < 4.78 is 0. The van der Waals surface area contributed by atoms with E-state index in [2.05, 4.69) is 47.8 Å². The van der Waals surface area contributed by atoms with Crippen molar-refractivity contribution < 1.29 is 89.9 Å². The molecule has 0 bridgehead atoms. The van der Waals surface area contributed by atoms with Crippen molar-refractivity contribution in [2.75, 3.05) is 47.8 Å². The van der Waals surface area contributed by atoms with Gasteiger partial charge in [0.1, 0.15) is 0 Å². The molecule has 2 amide bonds. The van der Waals surface area contributed by atoms with Crippen molar-refractivity contribution in [3.05, 3.63) is 104 Å². The number of nitrogens with zero attached hydrogens (tertiary/aromatic N) is 1. The Morgan fingerprint density at radius 2 is 1.16 bits per heavy atom. The molecule has 0 atom stereocenters. The fraction of sp³-hybridized carbons (Fsp3) is 0.294. The average Bonchev–Trinajstić information content (AvgIpc) is 3.08. The summed E-state index contributed by atoms with van der Waals surface area (Å²) in [4.78, 5) is 45.1. The third-order valence-electron chi connectivity index (χ3n) is 5.08. The first-order valence-corrected chi connectivity index (χ1v) is 15.9. The van der Waals surface area contributed by atoms with Crippen molar-refractivity contribution in [2.24, 2.45) is 0 Å². The normalized spacial score (nSPS) is 8.41. The molecule has 3 aromatic rings. The number of halogens is 3. The fourth-order valence-corrected chi connectivity index (χ4v) is 3.28. The number of carbonyl (C=O) groups is 4. The number of nitrogen functional groups attached to an aromatic ring is 1. The van der Waals surface area contributed by atoms with Crippen LogP contribution in [0.25, 0.3) is 0 Å². The predicted octanol–water partition coefficient (Wildman–Crippen LogP) is 0.618. The zero-order chi connectivity index (χ0) is 36.1. The van der Waals surface area contributed by atoms with Crippen molar-refractivity contribution in [1.82, 2.24) is 4.90 Å². The van der Waals surface area contributed by atoms with Crippen molar-refractivity contribution >= 4 is 75.4 Å². The molecule has 0 aliphatic carbocycles. The number of nitrogens with one attached hydrogen (secondary N) is 2. The number of anilines is 3. The Balaban J connectivity index is -0.000000119. The molecule has 0 aliphatic rings. The number of amides is 2. The van der Waals surface area contributed by atoms with E-state index < -0.39 is 0 Å². The first-order chi connectivity index (χ1) is 22.6. The first kappa shape index (κ1) is 56.4. The number of hydrogen-bond donors (Lipinski definition) is 3. The largest absolute Gasteiger partial charge is 1.00 e. The number of carbonyl (C=O) groups excluding carboxylic acids is 4. The SMILES string of the molecule is C=CC(=O)Nc1ccccc1.CCN(CC)CC.Nc1ccccc1.O=C(CCCl)Nc1ccccc1.O=C(Cl)CCCl.O=CO[O-].[H-].[Na+].[Na+]. The van der Waals surface area contributed by atoms with Gasteiger partial charge >= 0.3 is 59.1 Å². The summed E-state index contributed by atoms with van der Waals surface area (Å²) in [6, 6.07) is 28.1. The molecule has 4 N–H and O–H groups in total. The molecule has 15 heteroatoms. The molecular formula is C34H47Cl3N4Na2O6. The first-order valence-electron chi connectivity index (χ1n) is 14.5. The van der Waals surface area contributed by atoms with Gasteiger partial charge in [-0.15, -0.1) is 23.2 Å². The van der Waals surface area contributed by atoms with Crippen molar-refractivity contribution in [1.29, 1.82) is 0 Å². The quantitative estimate of drug-likeness (QED) is 0.0376. The van der Waals surface area contributed by atoms with E-state index in [9.17, 15) is 14.4 Å². The Kier molecular flexibility index (Phi) is 50.8. The fourth-order valence-electron chi connectivity index (χ4n) is 2.74. The Bertz CT molecular complexity index is 1190. The standard InChI is InChI=1S/C9H10ClNO.C9H9NO.C6H7N.C6H15N.C3H4Cl2O.CH2O3.2Na.H/c10-7-6-9(12)11-8-4-2-1-3-5-8;1-2-9(11)10-8-6-4-3-5-7-8;7-6-4-2-1-3-5-6;1-4-7(5-2)6-3;4-2-1-3(5)6;2-1-4-3;;;/h1-5H,6-7H2,(H,11,12);2-7H,1H2,(H,10,11);1-5H,7H2;4-6H2,1-3H3;1-2H2;1,3H;;;/q;;;;;;2*+1;-1/p-1. The molecule has 3 rings (SSSR count). The van der Waals surface area contributed by atoms with Gasteiger partial charge in [0, 0.05) is 41.7 Å². The second-order valence-electron chi connectivity index (χ2n) is 8.43. The van der Waals surface area contributed by atoms with Gasteiger partial charge in [-0.05, 0) is 73.7 Å². The predicted molar refractivity (Wildman–Crippen MR) is 194 cm³/mol. The topological polar surface area (TPSA) is 154 Å². The maximum Gasteiger partial charge on any atom is 1.00 e. The van der Waals surface area contributed by atoms with Crippen LogP contribution >= 0.6 is 34.8 Å². The van der Waals surface area contributed by atoms with Crippen LogP contribution in [0.5, 0.6) is 0 Å². The average molecular weight is 760 g/mol. The monoisotopic (exact) mass is 758 g/mol. The minimum absolute atomic E-state index is 0. The van der Waals surface area contributed by atoms with Crippen molar-refractivity contribution in [3.8, 4) is 0 Å². The maximum atomic E-state index is 11.0. The molecule has 0 spiro atoms. The molecule has 0 radical (unpaired) electrons. The molecule has 0 aliphatic heterocycles. The Labute approximate surface area is 352 Å². The van der Waals surface area contributed by atoms with E-state index in [1.165, 1.54) is 25.7 Å². The van der Waals surface area contributed by atoms with Gasteiger partial charge in [-0.25, -0.2) is 0 Å². The summed E-state index contributed by atoms with van der Waals surface area (Å²) in [5.41, 5.74) is 7.78. The van der Waals surface area contributed by atoms with E-state index in [1.807, 2.05) is 91.0 Å². The summed E-state index contributed by atoms with van der Waals surface area (Å²) in [5, 5.41) is 13.4. The number of para-hydroxylation sites is 3. The molecule has 0 unspecified atom stereocenters. The zero-order valence-electron chi connectivity index (χ0n) is 30.1. The van der Waals surface area contributed by atoms with E-state index in [0.717, 1.165) is 17.1 Å². The minimum atomic E-state index is -0.370. The number of benzene rings is 3. The molecule has 262 valence electrons. The Morgan fingerprint density at radius 3 is 1.39 bits per heavy atom. The third kappa shape index (κ3) is 44.0. The number of nitrogens with two attached hydrogens (primary N) is 1. The van der Waals surface area contributed by atoms with Crippen molar-refractivity contribution in [2.45, 2.75) is 33.6 Å². The smallest absolute Gasteiger partial charge is 1.00 e. The van der Waals surface area contributed by atoms with Crippen LogP contribution in [0, 0.1) is 0 Å². The molecule has 3 aromatic carbocycles. The number of hydrogen-bond acceptors (Lipinski definition) is 8. The van der Waals surface area contributed by atoms with Crippen molar-refractivity contribution in [3.63, 3.8) is 0 Å². The minimum Gasteiger partial charge on any atom is -1.00 e. The van der Waals surface area contributed by atoms with Gasteiger partial charge in [0.25, 0.3) is 6.47 Å². The summed E-state index contributed by atoms with van der Waals surface area (Å²) in [6.07, 6.45) is 1.87. The molecule has 0 saturated carbocycles. The molecule has 0 saturated heterocycles. The van der Waals surface area contributed by atoms with Crippen LogP contribution in [0.1, 0.15) is 35.0 Å². The maximum absolute atomic E-state index is 11.0. The van der Waals surface area contributed by atoms with Crippen LogP contribution in [-0.2, 0) is 24.1 Å². The van der Waals surface area contributed by atoms with Gasteiger partial charge in [0.05, 0.1) is 0 Å². The molecule has 0 heterocycles. The van der Waals surface area contributed by atoms with Crippen LogP contribution < -0.4 is 80.7 Å². The summed E-state index contributed by atoms with van der Waals surface area (Å²) in [5.74, 6) is 0.452. The van der Waals surface area contributed by atoms with Gasteiger partial charge in [-0.1, -0.05) is 81.9 Å².